The number of nitrogens with one attached hydrogen (secondary N) is 1. The molecule has 2 rings (SSSR count). The molecule has 122 valence electrons. The van der Waals surface area contributed by atoms with Crippen molar-refractivity contribution in [1.82, 2.24) is 5.32 Å². The highest BCUT2D eigenvalue weighted by Crippen LogP contribution is 2.27. The van der Waals surface area contributed by atoms with Crippen LogP contribution in [0.15, 0.2) is 46.7 Å². The van der Waals surface area contributed by atoms with Crippen LogP contribution in [0.2, 0.25) is 0 Å². The Morgan fingerprint density at radius 1 is 1.13 bits per heavy atom. The molecule has 2 aromatic rings. The molecular weight excluding hydrogens is 330 g/mol. The number of thiophene rings is 1. The lowest BCUT2D eigenvalue weighted by atomic mass is 10.2. The highest BCUT2D eigenvalue weighted by molar-refractivity contribution is 7.98. The van der Waals surface area contributed by atoms with Crippen molar-refractivity contribution >= 4 is 35.0 Å². The number of rotatable bonds is 9. The Hall–Kier alpha value is -1.79. The van der Waals surface area contributed by atoms with Crippen molar-refractivity contribution in [2.75, 3.05) is 6.54 Å². The second-order valence-corrected chi connectivity index (χ2v) is 7.02. The first kappa shape index (κ1) is 17.6. The first-order chi connectivity index (χ1) is 11.2. The molecular formula is C17H19NO3S2. The van der Waals surface area contributed by atoms with Crippen LogP contribution in [0.25, 0.3) is 0 Å². The number of carboxylic acid groups (broad SMARTS) is 1. The molecule has 0 bridgehead atoms. The number of amides is 1. The first-order valence-electron chi connectivity index (χ1n) is 7.41. The summed E-state index contributed by atoms with van der Waals surface area (Å²) in [6.07, 6.45) is 1.38. The molecule has 0 fully saturated rings. The van der Waals surface area contributed by atoms with Gasteiger partial charge >= 0.3 is 5.97 Å². The van der Waals surface area contributed by atoms with Crippen LogP contribution in [-0.2, 0) is 10.5 Å². The van der Waals surface area contributed by atoms with Crippen molar-refractivity contribution in [3.05, 3.63) is 52.2 Å². The zero-order valence-corrected chi connectivity index (χ0v) is 14.3. The molecule has 23 heavy (non-hydrogen) atoms. The molecule has 0 saturated carbocycles. The van der Waals surface area contributed by atoms with Crippen LogP contribution >= 0.6 is 23.1 Å². The van der Waals surface area contributed by atoms with Crippen LogP contribution in [0.5, 0.6) is 0 Å². The minimum Gasteiger partial charge on any atom is -0.481 e. The van der Waals surface area contributed by atoms with Gasteiger partial charge in [-0.05, 0) is 36.4 Å². The van der Waals surface area contributed by atoms with Gasteiger partial charge in [0, 0.05) is 28.5 Å². The van der Waals surface area contributed by atoms with Gasteiger partial charge in [0.15, 0.2) is 0 Å². The van der Waals surface area contributed by atoms with Gasteiger partial charge < -0.3 is 10.4 Å². The van der Waals surface area contributed by atoms with E-state index in [1.54, 1.807) is 23.1 Å². The zero-order valence-electron chi connectivity index (χ0n) is 12.7. The SMILES string of the molecule is O=C(O)CCCCNC(=O)c1ccccc1SCc1cccs1. The maximum absolute atomic E-state index is 12.3. The van der Waals surface area contributed by atoms with Crippen molar-refractivity contribution in [2.24, 2.45) is 0 Å². The van der Waals surface area contributed by atoms with Crippen LogP contribution in [0.3, 0.4) is 0 Å². The molecule has 0 atom stereocenters. The summed E-state index contributed by atoms with van der Waals surface area (Å²) in [6, 6.07) is 11.7. The van der Waals surface area contributed by atoms with Crippen molar-refractivity contribution < 1.29 is 14.7 Å². The normalized spacial score (nSPS) is 10.4. The van der Waals surface area contributed by atoms with E-state index in [1.165, 1.54) is 4.88 Å². The lowest BCUT2D eigenvalue weighted by Crippen LogP contribution is -2.25. The molecule has 6 heteroatoms. The summed E-state index contributed by atoms with van der Waals surface area (Å²) in [4.78, 5) is 25.0. The summed E-state index contributed by atoms with van der Waals surface area (Å²) in [5.41, 5.74) is 0.673. The van der Waals surface area contributed by atoms with E-state index in [9.17, 15) is 9.59 Å². The van der Waals surface area contributed by atoms with Gasteiger partial charge in [0.1, 0.15) is 0 Å². The smallest absolute Gasteiger partial charge is 0.303 e. The van der Waals surface area contributed by atoms with Crippen molar-refractivity contribution in [2.45, 2.75) is 29.9 Å². The van der Waals surface area contributed by atoms with Crippen molar-refractivity contribution in [3.8, 4) is 0 Å². The first-order valence-corrected chi connectivity index (χ1v) is 9.27. The number of benzene rings is 1. The lowest BCUT2D eigenvalue weighted by Gasteiger charge is -2.09. The third-order valence-corrected chi connectivity index (χ3v) is 5.37. The molecule has 0 unspecified atom stereocenters. The Labute approximate surface area is 143 Å². The van der Waals surface area contributed by atoms with Gasteiger partial charge in [-0.2, -0.15) is 0 Å². The topological polar surface area (TPSA) is 66.4 Å². The minimum absolute atomic E-state index is 0.102. The maximum Gasteiger partial charge on any atom is 0.303 e. The van der Waals surface area contributed by atoms with Gasteiger partial charge in [-0.1, -0.05) is 18.2 Å². The minimum atomic E-state index is -0.799. The molecule has 0 aliphatic rings. The number of thioether (sulfide) groups is 1. The van der Waals surface area contributed by atoms with E-state index >= 15 is 0 Å². The van der Waals surface area contributed by atoms with Crippen LogP contribution in [0.4, 0.5) is 0 Å². The quantitative estimate of drug-likeness (QED) is 0.530. The summed E-state index contributed by atoms with van der Waals surface area (Å²) in [5.74, 6) is -0.0538. The fourth-order valence-electron chi connectivity index (χ4n) is 2.02. The number of carbonyl (C=O) groups excluding carboxylic acids is 1. The van der Waals surface area contributed by atoms with E-state index in [0.717, 1.165) is 10.6 Å². The summed E-state index contributed by atoms with van der Waals surface area (Å²) < 4.78 is 0. The Kier molecular flexibility index (Phi) is 7.16. The highest BCUT2D eigenvalue weighted by Gasteiger charge is 2.11. The van der Waals surface area contributed by atoms with Gasteiger partial charge in [0.25, 0.3) is 5.91 Å². The molecule has 1 aromatic heterocycles. The Morgan fingerprint density at radius 3 is 2.70 bits per heavy atom. The third kappa shape index (κ3) is 6.08. The second-order valence-electron chi connectivity index (χ2n) is 4.97. The van der Waals surface area contributed by atoms with Gasteiger partial charge in [0.2, 0.25) is 0 Å². The zero-order chi connectivity index (χ0) is 16.5. The van der Waals surface area contributed by atoms with E-state index in [2.05, 4.69) is 11.4 Å². The Balaban J connectivity index is 1.85. The molecule has 1 aromatic carbocycles. The van der Waals surface area contributed by atoms with E-state index in [1.807, 2.05) is 35.7 Å². The second kappa shape index (κ2) is 9.37. The predicted octanol–water partition coefficient (Wildman–Crippen LogP) is 4.03. The van der Waals surface area contributed by atoms with Crippen LogP contribution in [-0.4, -0.2) is 23.5 Å². The van der Waals surface area contributed by atoms with Crippen molar-refractivity contribution in [3.63, 3.8) is 0 Å². The lowest BCUT2D eigenvalue weighted by molar-refractivity contribution is -0.137. The molecule has 0 spiro atoms. The van der Waals surface area contributed by atoms with Gasteiger partial charge in [-0.15, -0.1) is 23.1 Å². The largest absolute Gasteiger partial charge is 0.481 e. The molecule has 1 amide bonds. The number of carbonyl (C=O) groups is 2. The fourth-order valence-corrected chi connectivity index (χ4v) is 3.85. The van der Waals surface area contributed by atoms with Crippen LogP contribution < -0.4 is 5.32 Å². The fraction of sp³-hybridized carbons (Fsp3) is 0.294. The molecule has 2 N–H and O–H groups in total. The number of hydrogen-bond acceptors (Lipinski definition) is 4. The Bertz CT molecular complexity index is 641. The monoisotopic (exact) mass is 349 g/mol. The maximum atomic E-state index is 12.3. The van der Waals surface area contributed by atoms with Gasteiger partial charge in [0.05, 0.1) is 5.56 Å². The summed E-state index contributed by atoms with van der Waals surface area (Å²) >= 11 is 3.36. The highest BCUT2D eigenvalue weighted by atomic mass is 32.2. The number of aliphatic carboxylic acids is 1. The van der Waals surface area contributed by atoms with E-state index in [0.29, 0.717) is 24.9 Å². The Morgan fingerprint density at radius 2 is 1.96 bits per heavy atom. The third-order valence-electron chi connectivity index (χ3n) is 3.18. The number of hydrogen-bond donors (Lipinski definition) is 2. The van der Waals surface area contributed by atoms with Crippen LogP contribution in [0, 0.1) is 0 Å². The average Bonchev–Trinajstić information content (AvgIpc) is 3.06. The summed E-state index contributed by atoms with van der Waals surface area (Å²) in [5, 5.41) is 13.5. The molecule has 0 radical (unpaired) electrons. The predicted molar refractivity (Wildman–Crippen MR) is 94.1 cm³/mol. The standard InChI is InChI=1S/C17H19NO3S2/c19-16(20)9-3-4-10-18-17(21)14-7-1-2-8-15(14)23-12-13-6-5-11-22-13/h1-2,5-8,11H,3-4,9-10,12H2,(H,18,21)(H,19,20). The van der Waals surface area contributed by atoms with E-state index in [-0.39, 0.29) is 12.3 Å². The van der Waals surface area contributed by atoms with Gasteiger partial charge in [-0.25, -0.2) is 0 Å². The molecule has 0 saturated heterocycles. The summed E-state index contributed by atoms with van der Waals surface area (Å²) in [6.45, 7) is 0.496. The number of carboxylic acids is 1. The average molecular weight is 349 g/mol. The summed E-state index contributed by atoms with van der Waals surface area (Å²) in [7, 11) is 0. The van der Waals surface area contributed by atoms with Crippen LogP contribution in [0.1, 0.15) is 34.5 Å². The molecule has 0 aliphatic heterocycles. The molecule has 4 nitrogen and oxygen atoms in total. The van der Waals surface area contributed by atoms with Crippen molar-refractivity contribution in [1.29, 1.82) is 0 Å². The van der Waals surface area contributed by atoms with E-state index in [4.69, 9.17) is 5.11 Å². The molecule has 1 heterocycles. The van der Waals surface area contributed by atoms with E-state index < -0.39 is 5.97 Å². The van der Waals surface area contributed by atoms with Gasteiger partial charge in [-0.3, -0.25) is 9.59 Å². The molecule has 0 aliphatic carbocycles. The number of unbranched alkanes of at least 4 members (excludes halogenated alkanes) is 1.